The first-order valence-electron chi connectivity index (χ1n) is 12.2. The number of aromatic nitrogens is 4. The Balaban J connectivity index is 1.48. The number of para-hydroxylation sites is 2. The van der Waals surface area contributed by atoms with E-state index in [1.165, 1.54) is 10.8 Å². The van der Waals surface area contributed by atoms with Gasteiger partial charge in [-0.05, 0) is 67.1 Å². The number of nitrogens with zero attached hydrogens (tertiary/aromatic N) is 5. The maximum Gasteiger partial charge on any atom is 0.139 e. The summed E-state index contributed by atoms with van der Waals surface area (Å²) in [4.78, 5) is 12.5. The fourth-order valence-corrected chi connectivity index (χ4v) is 4.81. The van der Waals surface area contributed by atoms with Gasteiger partial charge in [0.1, 0.15) is 11.6 Å². The van der Waals surface area contributed by atoms with Crippen LogP contribution in [-0.2, 0) is 5.41 Å². The summed E-state index contributed by atoms with van der Waals surface area (Å²) >= 11 is 0. The molecule has 0 aliphatic heterocycles. The molecule has 6 aromatic rings. The van der Waals surface area contributed by atoms with Gasteiger partial charge in [0, 0.05) is 43.7 Å². The van der Waals surface area contributed by atoms with Crippen LogP contribution in [0.25, 0.3) is 33.4 Å². The van der Waals surface area contributed by atoms with Gasteiger partial charge in [-0.3, -0.25) is 0 Å². The van der Waals surface area contributed by atoms with E-state index in [4.69, 9.17) is 9.97 Å². The predicted molar refractivity (Wildman–Crippen MR) is 149 cm³/mol. The molecule has 0 atom stereocenters. The number of hydrogen-bond donors (Lipinski definition) is 0. The zero-order chi connectivity index (χ0) is 24.9. The average molecular weight is 472 g/mol. The molecule has 178 valence electrons. The summed E-state index contributed by atoms with van der Waals surface area (Å²) in [7, 11) is 4.14. The van der Waals surface area contributed by atoms with Gasteiger partial charge in [-0.1, -0.05) is 42.5 Å². The van der Waals surface area contributed by atoms with Gasteiger partial charge in [-0.25, -0.2) is 9.97 Å². The molecule has 5 nitrogen and oxygen atoms in total. The Morgan fingerprint density at radius 3 is 1.83 bits per heavy atom. The molecule has 0 saturated heterocycles. The van der Waals surface area contributed by atoms with E-state index in [0.717, 1.165) is 39.7 Å². The zero-order valence-electron chi connectivity index (χ0n) is 21.1. The SMILES string of the molecule is CN(C)c1cc(-n2ccc3ccccc32)nc(C(C)(C)c2cccc(-n3ccc4ccccc43)n2)c1. The summed E-state index contributed by atoms with van der Waals surface area (Å²) in [6.07, 6.45) is 4.18. The van der Waals surface area contributed by atoms with Crippen LogP contribution in [0, 0.1) is 0 Å². The summed E-state index contributed by atoms with van der Waals surface area (Å²) in [6, 6.07) is 31.6. The Labute approximate surface area is 211 Å². The molecular weight excluding hydrogens is 442 g/mol. The zero-order valence-corrected chi connectivity index (χ0v) is 21.1. The molecule has 0 spiro atoms. The molecule has 0 saturated carbocycles. The second kappa shape index (κ2) is 8.38. The van der Waals surface area contributed by atoms with Crippen LogP contribution in [0.5, 0.6) is 0 Å². The van der Waals surface area contributed by atoms with Gasteiger partial charge < -0.3 is 14.0 Å². The van der Waals surface area contributed by atoms with E-state index in [0.29, 0.717) is 0 Å². The lowest BCUT2D eigenvalue weighted by Crippen LogP contribution is -2.24. The molecule has 0 aliphatic rings. The summed E-state index contributed by atoms with van der Waals surface area (Å²) < 4.78 is 4.31. The lowest BCUT2D eigenvalue weighted by atomic mass is 9.84. The van der Waals surface area contributed by atoms with Crippen molar-refractivity contribution in [3.8, 4) is 11.6 Å². The molecule has 0 fully saturated rings. The fraction of sp³-hybridized carbons (Fsp3) is 0.161. The number of pyridine rings is 2. The fourth-order valence-electron chi connectivity index (χ4n) is 4.81. The quantitative estimate of drug-likeness (QED) is 0.279. The van der Waals surface area contributed by atoms with Crippen molar-refractivity contribution in [2.75, 3.05) is 19.0 Å². The molecule has 0 aliphatic carbocycles. The molecular formula is C31H29N5. The van der Waals surface area contributed by atoms with Crippen molar-refractivity contribution in [3.63, 3.8) is 0 Å². The molecule has 4 heterocycles. The van der Waals surface area contributed by atoms with Crippen molar-refractivity contribution >= 4 is 27.5 Å². The summed E-state index contributed by atoms with van der Waals surface area (Å²) in [5.74, 6) is 1.81. The van der Waals surface area contributed by atoms with Crippen molar-refractivity contribution in [1.29, 1.82) is 0 Å². The Morgan fingerprint density at radius 2 is 1.19 bits per heavy atom. The number of rotatable bonds is 5. The van der Waals surface area contributed by atoms with E-state index in [1.54, 1.807) is 0 Å². The van der Waals surface area contributed by atoms with E-state index in [2.05, 4.69) is 145 Å². The number of fused-ring (bicyclic) bond motifs is 2. The molecule has 0 unspecified atom stereocenters. The number of anilines is 1. The van der Waals surface area contributed by atoms with E-state index < -0.39 is 5.41 Å². The Kier molecular flexibility index (Phi) is 5.15. The largest absolute Gasteiger partial charge is 0.377 e. The lowest BCUT2D eigenvalue weighted by molar-refractivity contribution is 0.592. The number of hydrogen-bond acceptors (Lipinski definition) is 3. The van der Waals surface area contributed by atoms with Crippen LogP contribution in [0.3, 0.4) is 0 Å². The van der Waals surface area contributed by atoms with Crippen LogP contribution in [0.1, 0.15) is 25.2 Å². The minimum absolute atomic E-state index is 0.414. The minimum Gasteiger partial charge on any atom is -0.377 e. The van der Waals surface area contributed by atoms with Crippen LogP contribution in [0.15, 0.2) is 103 Å². The van der Waals surface area contributed by atoms with Gasteiger partial charge in [0.25, 0.3) is 0 Å². The predicted octanol–water partition coefficient (Wildman–Crippen LogP) is 6.76. The molecule has 2 aromatic carbocycles. The summed E-state index contributed by atoms with van der Waals surface area (Å²) in [6.45, 7) is 4.40. The highest BCUT2D eigenvalue weighted by Gasteiger charge is 2.28. The van der Waals surface area contributed by atoms with Gasteiger partial charge in [0.05, 0.1) is 22.4 Å². The first kappa shape index (κ1) is 22.1. The summed E-state index contributed by atoms with van der Waals surface area (Å²) in [5.41, 5.74) is 4.93. The first-order chi connectivity index (χ1) is 17.4. The van der Waals surface area contributed by atoms with Crippen molar-refractivity contribution in [3.05, 3.63) is 115 Å². The van der Waals surface area contributed by atoms with Gasteiger partial charge >= 0.3 is 0 Å². The first-order valence-corrected chi connectivity index (χ1v) is 12.2. The highest BCUT2D eigenvalue weighted by atomic mass is 15.1. The van der Waals surface area contributed by atoms with E-state index >= 15 is 0 Å². The van der Waals surface area contributed by atoms with Gasteiger partial charge in [0.15, 0.2) is 0 Å². The molecule has 4 aromatic heterocycles. The Hall–Kier alpha value is -4.38. The lowest BCUT2D eigenvalue weighted by Gasteiger charge is -2.27. The van der Waals surface area contributed by atoms with E-state index in [1.807, 2.05) is 0 Å². The van der Waals surface area contributed by atoms with Gasteiger partial charge in [-0.15, -0.1) is 0 Å². The van der Waals surface area contributed by atoms with Crippen LogP contribution < -0.4 is 4.90 Å². The topological polar surface area (TPSA) is 38.9 Å². The maximum absolute atomic E-state index is 5.19. The second-order valence-electron chi connectivity index (χ2n) is 9.96. The Morgan fingerprint density at radius 1 is 0.611 bits per heavy atom. The molecule has 0 radical (unpaired) electrons. The van der Waals surface area contributed by atoms with Crippen molar-refractivity contribution in [1.82, 2.24) is 19.1 Å². The monoisotopic (exact) mass is 471 g/mol. The standard InChI is InChI=1S/C31H29N5/c1-31(2,27-14-9-15-29(32-27)35-18-16-22-10-5-7-12-25(22)35)28-20-24(34(3)4)21-30(33-28)36-19-17-23-11-6-8-13-26(23)36/h5-21H,1-4H3. The molecule has 0 N–H and O–H groups in total. The van der Waals surface area contributed by atoms with Crippen molar-refractivity contribution < 1.29 is 0 Å². The van der Waals surface area contributed by atoms with Crippen LogP contribution in [0.2, 0.25) is 0 Å². The van der Waals surface area contributed by atoms with Crippen molar-refractivity contribution in [2.24, 2.45) is 0 Å². The van der Waals surface area contributed by atoms with Gasteiger partial charge in [0.2, 0.25) is 0 Å². The average Bonchev–Trinajstić information content (AvgIpc) is 3.53. The maximum atomic E-state index is 5.19. The smallest absolute Gasteiger partial charge is 0.139 e. The highest BCUT2D eigenvalue weighted by Crippen LogP contribution is 2.33. The summed E-state index contributed by atoms with van der Waals surface area (Å²) in [5, 5.41) is 2.40. The molecule has 5 heteroatoms. The van der Waals surface area contributed by atoms with Crippen LogP contribution >= 0.6 is 0 Å². The molecule has 0 amide bonds. The third kappa shape index (κ3) is 3.64. The molecule has 0 bridgehead atoms. The van der Waals surface area contributed by atoms with E-state index in [-0.39, 0.29) is 0 Å². The third-order valence-electron chi connectivity index (χ3n) is 7.02. The van der Waals surface area contributed by atoms with Gasteiger partial charge in [-0.2, -0.15) is 0 Å². The van der Waals surface area contributed by atoms with Crippen LogP contribution in [0.4, 0.5) is 5.69 Å². The second-order valence-corrected chi connectivity index (χ2v) is 9.96. The Bertz CT molecular complexity index is 1700. The van der Waals surface area contributed by atoms with Crippen molar-refractivity contribution in [2.45, 2.75) is 19.3 Å². The minimum atomic E-state index is -0.414. The normalized spacial score (nSPS) is 11.9. The van der Waals surface area contributed by atoms with Crippen LogP contribution in [-0.4, -0.2) is 33.2 Å². The molecule has 36 heavy (non-hydrogen) atoms. The molecule has 6 rings (SSSR count). The number of benzene rings is 2. The highest BCUT2D eigenvalue weighted by molar-refractivity contribution is 5.82. The third-order valence-corrected chi connectivity index (χ3v) is 7.02. The van der Waals surface area contributed by atoms with E-state index in [9.17, 15) is 0 Å².